The third-order valence-electron chi connectivity index (χ3n) is 4.33. The van der Waals surface area contributed by atoms with E-state index < -0.39 is 12.2 Å². The van der Waals surface area contributed by atoms with E-state index in [0.29, 0.717) is 6.42 Å². The van der Waals surface area contributed by atoms with E-state index in [9.17, 15) is 9.90 Å². The first-order valence-corrected chi connectivity index (χ1v) is 10.3. The van der Waals surface area contributed by atoms with Crippen molar-refractivity contribution in [1.82, 2.24) is 6.15 Å². The van der Waals surface area contributed by atoms with Gasteiger partial charge < -0.3 is 16.0 Å². The van der Waals surface area contributed by atoms with Crippen molar-refractivity contribution in [3.05, 3.63) is 24.3 Å². The first kappa shape index (κ1) is 27.1. The summed E-state index contributed by atoms with van der Waals surface area (Å²) in [5, 5.41) is 9.29. The highest BCUT2D eigenvalue weighted by Gasteiger charge is 2.13. The highest BCUT2D eigenvalue weighted by atomic mass is 16.6. The van der Waals surface area contributed by atoms with Crippen LogP contribution in [0.5, 0.6) is 0 Å². The fourth-order valence-corrected chi connectivity index (χ4v) is 2.45. The molecule has 0 saturated carbocycles. The zero-order valence-corrected chi connectivity index (χ0v) is 17.4. The van der Waals surface area contributed by atoms with Gasteiger partial charge in [0.2, 0.25) is 0 Å². The van der Waals surface area contributed by atoms with Gasteiger partial charge in [-0.3, -0.25) is 4.79 Å². The van der Waals surface area contributed by atoms with Crippen molar-refractivity contribution in [1.29, 1.82) is 0 Å². The number of ether oxygens (including phenoxy) is 1. The molecule has 0 radical (unpaired) electrons. The fourth-order valence-electron chi connectivity index (χ4n) is 2.45. The number of hydrogen-bond donors (Lipinski definition) is 2. The van der Waals surface area contributed by atoms with Crippen LogP contribution in [-0.2, 0) is 9.53 Å². The maximum atomic E-state index is 11.5. The Morgan fingerprint density at radius 2 is 1.42 bits per heavy atom. The van der Waals surface area contributed by atoms with Gasteiger partial charge in [0, 0.05) is 6.42 Å². The van der Waals surface area contributed by atoms with Gasteiger partial charge in [-0.1, -0.05) is 63.3 Å². The predicted octanol–water partition coefficient (Wildman–Crippen LogP) is 6.27. The highest BCUT2D eigenvalue weighted by Crippen LogP contribution is 2.09. The van der Waals surface area contributed by atoms with Crippen LogP contribution in [0.3, 0.4) is 0 Å². The van der Waals surface area contributed by atoms with Crippen LogP contribution < -0.4 is 6.15 Å². The second kappa shape index (κ2) is 20.2. The Balaban J connectivity index is 0. The molecule has 0 aromatic carbocycles. The summed E-state index contributed by atoms with van der Waals surface area (Å²) in [5.74, 6) is -0.195. The van der Waals surface area contributed by atoms with Crippen LogP contribution in [0.1, 0.15) is 97.8 Å². The second-order valence-electron chi connectivity index (χ2n) is 6.92. The zero-order valence-electron chi connectivity index (χ0n) is 17.4. The van der Waals surface area contributed by atoms with Gasteiger partial charge in [0.05, 0.1) is 6.10 Å². The molecule has 0 saturated heterocycles. The lowest BCUT2D eigenvalue weighted by atomic mass is 10.1. The smallest absolute Gasteiger partial charge is 0.306 e. The molecule has 4 N–H and O–H groups in total. The van der Waals surface area contributed by atoms with Gasteiger partial charge in [0.15, 0.2) is 0 Å². The van der Waals surface area contributed by atoms with Crippen LogP contribution in [0.4, 0.5) is 0 Å². The number of aliphatic hydroxyl groups excluding tert-OH is 1. The van der Waals surface area contributed by atoms with E-state index in [-0.39, 0.29) is 12.1 Å². The number of allylic oxidation sites excluding steroid dienone is 4. The van der Waals surface area contributed by atoms with Crippen LogP contribution >= 0.6 is 0 Å². The molecule has 26 heavy (non-hydrogen) atoms. The van der Waals surface area contributed by atoms with Gasteiger partial charge >= 0.3 is 5.97 Å². The van der Waals surface area contributed by atoms with Crippen molar-refractivity contribution in [2.45, 2.75) is 110 Å². The minimum Gasteiger partial charge on any atom is -0.460 e. The number of hydrogen-bond acceptors (Lipinski definition) is 4. The molecular formula is C22H43NO3. The number of esters is 1. The largest absolute Gasteiger partial charge is 0.460 e. The first-order chi connectivity index (χ1) is 12.1. The van der Waals surface area contributed by atoms with Crippen LogP contribution in [0.2, 0.25) is 0 Å². The Hall–Kier alpha value is -1.13. The summed E-state index contributed by atoms with van der Waals surface area (Å²) in [6.45, 7) is 5.59. The number of rotatable bonds is 16. The molecule has 2 atom stereocenters. The number of aliphatic hydroxyl groups is 1. The molecule has 0 amide bonds. The summed E-state index contributed by atoms with van der Waals surface area (Å²) in [4.78, 5) is 11.5. The van der Waals surface area contributed by atoms with Gasteiger partial charge in [-0.25, -0.2) is 0 Å². The topological polar surface area (TPSA) is 81.5 Å². The minimum absolute atomic E-state index is 0. The molecular weight excluding hydrogens is 326 g/mol. The van der Waals surface area contributed by atoms with Gasteiger partial charge in [-0.2, -0.15) is 0 Å². The molecule has 0 aromatic heterocycles. The fraction of sp³-hybridized carbons (Fsp3) is 0.773. The average molecular weight is 370 g/mol. The molecule has 154 valence electrons. The van der Waals surface area contributed by atoms with Crippen molar-refractivity contribution in [3.63, 3.8) is 0 Å². The highest BCUT2D eigenvalue weighted by molar-refractivity contribution is 5.69. The molecule has 0 aliphatic heterocycles. The molecule has 0 aliphatic rings. The maximum Gasteiger partial charge on any atom is 0.306 e. The van der Waals surface area contributed by atoms with Crippen molar-refractivity contribution in [2.24, 2.45) is 0 Å². The number of unbranched alkanes of at least 4 members (excludes halogenated alkanes) is 8. The van der Waals surface area contributed by atoms with Crippen molar-refractivity contribution in [2.75, 3.05) is 0 Å². The zero-order chi connectivity index (χ0) is 18.8. The van der Waals surface area contributed by atoms with Crippen molar-refractivity contribution in [3.8, 4) is 0 Å². The Morgan fingerprint density at radius 1 is 0.885 bits per heavy atom. The van der Waals surface area contributed by atoms with E-state index in [1.807, 2.05) is 0 Å². The third-order valence-corrected chi connectivity index (χ3v) is 4.33. The van der Waals surface area contributed by atoms with E-state index in [4.69, 9.17) is 4.74 Å². The summed E-state index contributed by atoms with van der Waals surface area (Å²) in [6.07, 6.45) is 21.5. The molecule has 0 rings (SSSR count). The predicted molar refractivity (Wildman–Crippen MR) is 112 cm³/mol. The van der Waals surface area contributed by atoms with Gasteiger partial charge in [-0.05, 0) is 52.4 Å². The molecule has 4 heteroatoms. The SMILES string of the molecule is CCCCC/C=C\C/C=C\CCCCCCCC(=O)OC(C)C(C)O.N. The Bertz CT molecular complexity index is 364. The molecule has 0 heterocycles. The maximum absolute atomic E-state index is 11.5. The van der Waals surface area contributed by atoms with E-state index in [1.165, 1.54) is 44.9 Å². The normalized spacial score (nSPS) is 13.7. The van der Waals surface area contributed by atoms with Crippen molar-refractivity contribution >= 4 is 5.97 Å². The van der Waals surface area contributed by atoms with E-state index in [0.717, 1.165) is 25.7 Å². The van der Waals surface area contributed by atoms with E-state index in [2.05, 4.69) is 31.2 Å². The van der Waals surface area contributed by atoms with Crippen molar-refractivity contribution < 1.29 is 14.6 Å². The summed E-state index contributed by atoms with van der Waals surface area (Å²) in [7, 11) is 0. The second-order valence-corrected chi connectivity index (χ2v) is 6.92. The summed E-state index contributed by atoms with van der Waals surface area (Å²) in [5.41, 5.74) is 0. The van der Waals surface area contributed by atoms with Crippen LogP contribution in [0.15, 0.2) is 24.3 Å². The van der Waals surface area contributed by atoms with E-state index >= 15 is 0 Å². The summed E-state index contributed by atoms with van der Waals surface area (Å²) < 4.78 is 5.13. The molecule has 0 spiro atoms. The molecule has 0 fully saturated rings. The lowest BCUT2D eigenvalue weighted by Gasteiger charge is -2.15. The Morgan fingerprint density at radius 3 is 2.00 bits per heavy atom. The average Bonchev–Trinajstić information content (AvgIpc) is 2.58. The standard InChI is InChI=1S/C22H40O3.H3N/c1-4-5-6-7-8-9-10-11-12-13-14-15-16-17-18-19-22(24)25-21(3)20(2)23;/h8-9,11-12,20-21,23H,4-7,10,13-19H2,1-3H3;1H3/b9-8-,12-11-;. The van der Waals surface area contributed by atoms with Crippen LogP contribution in [0, 0.1) is 0 Å². The quantitative estimate of drug-likeness (QED) is 0.191. The van der Waals surface area contributed by atoms with Crippen LogP contribution in [0.25, 0.3) is 0 Å². The molecule has 2 unspecified atom stereocenters. The van der Waals surface area contributed by atoms with Gasteiger partial charge in [0.1, 0.15) is 6.10 Å². The monoisotopic (exact) mass is 369 g/mol. The summed E-state index contributed by atoms with van der Waals surface area (Å²) >= 11 is 0. The number of carbonyl (C=O) groups is 1. The Labute approximate surface area is 161 Å². The molecule has 0 aliphatic carbocycles. The summed E-state index contributed by atoms with van der Waals surface area (Å²) in [6, 6.07) is 0. The molecule has 4 nitrogen and oxygen atoms in total. The lowest BCUT2D eigenvalue weighted by molar-refractivity contribution is -0.153. The Kier molecular flexibility index (Phi) is 21.0. The minimum atomic E-state index is -0.603. The number of carbonyl (C=O) groups excluding carboxylic acids is 1. The molecule has 0 aromatic rings. The van der Waals surface area contributed by atoms with Gasteiger partial charge in [-0.15, -0.1) is 0 Å². The van der Waals surface area contributed by atoms with E-state index in [1.54, 1.807) is 13.8 Å². The first-order valence-electron chi connectivity index (χ1n) is 10.3. The molecule has 0 bridgehead atoms. The third kappa shape index (κ3) is 19.2. The van der Waals surface area contributed by atoms with Crippen LogP contribution in [-0.4, -0.2) is 23.3 Å². The lowest BCUT2D eigenvalue weighted by Crippen LogP contribution is -2.25. The van der Waals surface area contributed by atoms with Gasteiger partial charge in [0.25, 0.3) is 0 Å².